The van der Waals surface area contributed by atoms with Crippen LogP contribution in [0.5, 0.6) is 0 Å². The minimum Gasteiger partial charge on any atom is -0.468 e. The number of hydrogen-bond acceptors (Lipinski definition) is 4. The van der Waals surface area contributed by atoms with Gasteiger partial charge in [0.15, 0.2) is 0 Å². The standard InChI is InChI=1S/C19H24N2O3S/c1-2-25(22,23)21-15-19(17-7-3-4-8-18(17)21)9-11-20(12-10-19)14-16-6-5-13-24-16/h3-8,13H,2,9-12,14-15H2,1H3. The van der Waals surface area contributed by atoms with Crippen LogP contribution in [0.25, 0.3) is 0 Å². The Morgan fingerprint density at radius 2 is 1.88 bits per heavy atom. The van der Waals surface area contributed by atoms with Gasteiger partial charge in [-0.15, -0.1) is 0 Å². The SMILES string of the molecule is CCS(=O)(=O)N1CC2(CCN(Cc3ccco3)CC2)c2ccccc21. The van der Waals surface area contributed by atoms with Gasteiger partial charge in [0.1, 0.15) is 5.76 Å². The van der Waals surface area contributed by atoms with Gasteiger partial charge in [0.05, 0.1) is 24.2 Å². The van der Waals surface area contributed by atoms with Crippen molar-refractivity contribution in [2.75, 3.05) is 29.7 Å². The molecule has 0 N–H and O–H groups in total. The summed E-state index contributed by atoms with van der Waals surface area (Å²) in [6, 6.07) is 11.9. The molecule has 0 amide bonds. The Labute approximate surface area is 149 Å². The van der Waals surface area contributed by atoms with Crippen LogP contribution in [0.3, 0.4) is 0 Å². The number of para-hydroxylation sites is 1. The van der Waals surface area contributed by atoms with Gasteiger partial charge in [-0.1, -0.05) is 18.2 Å². The van der Waals surface area contributed by atoms with Crippen molar-refractivity contribution >= 4 is 15.7 Å². The normalized spacial score (nSPS) is 20.1. The fraction of sp³-hybridized carbons (Fsp3) is 0.474. The zero-order valence-corrected chi connectivity index (χ0v) is 15.3. The largest absolute Gasteiger partial charge is 0.468 e. The maximum Gasteiger partial charge on any atom is 0.234 e. The molecule has 0 atom stereocenters. The summed E-state index contributed by atoms with van der Waals surface area (Å²) in [5.74, 6) is 1.13. The van der Waals surface area contributed by atoms with E-state index >= 15 is 0 Å². The van der Waals surface area contributed by atoms with Crippen LogP contribution in [0, 0.1) is 0 Å². The van der Waals surface area contributed by atoms with Gasteiger partial charge in [-0.05, 0) is 56.6 Å². The highest BCUT2D eigenvalue weighted by atomic mass is 32.2. The van der Waals surface area contributed by atoms with Crippen LogP contribution in [0.15, 0.2) is 47.1 Å². The molecule has 0 bridgehead atoms. The van der Waals surface area contributed by atoms with Gasteiger partial charge in [0, 0.05) is 12.0 Å². The Morgan fingerprint density at radius 3 is 2.56 bits per heavy atom. The van der Waals surface area contributed by atoms with Crippen LogP contribution in [0.4, 0.5) is 5.69 Å². The second kappa shape index (κ2) is 6.18. The number of benzene rings is 1. The van der Waals surface area contributed by atoms with Gasteiger partial charge in [-0.3, -0.25) is 9.21 Å². The Hall–Kier alpha value is -1.79. The third kappa shape index (κ3) is 2.87. The number of piperidine rings is 1. The first kappa shape index (κ1) is 16.7. The molecule has 1 spiro atoms. The highest BCUT2D eigenvalue weighted by Crippen LogP contribution is 2.48. The van der Waals surface area contributed by atoms with E-state index < -0.39 is 10.0 Å². The van der Waals surface area contributed by atoms with Gasteiger partial charge in [0.25, 0.3) is 0 Å². The summed E-state index contributed by atoms with van der Waals surface area (Å²) in [7, 11) is -3.24. The second-order valence-electron chi connectivity index (χ2n) is 7.06. The third-order valence-electron chi connectivity index (χ3n) is 5.66. The van der Waals surface area contributed by atoms with Crippen LogP contribution in [-0.4, -0.2) is 38.7 Å². The topological polar surface area (TPSA) is 53.8 Å². The molecule has 1 saturated heterocycles. The summed E-state index contributed by atoms with van der Waals surface area (Å²) < 4.78 is 32.2. The van der Waals surface area contributed by atoms with E-state index in [1.165, 1.54) is 5.56 Å². The van der Waals surface area contributed by atoms with Gasteiger partial charge in [-0.2, -0.15) is 0 Å². The molecule has 1 fully saturated rings. The summed E-state index contributed by atoms with van der Waals surface area (Å²) in [5.41, 5.74) is 2.02. The van der Waals surface area contributed by atoms with E-state index in [2.05, 4.69) is 11.0 Å². The summed E-state index contributed by atoms with van der Waals surface area (Å²) in [6.45, 7) is 5.03. The summed E-state index contributed by atoms with van der Waals surface area (Å²) in [4.78, 5) is 2.39. The molecule has 2 aliphatic rings. The van der Waals surface area contributed by atoms with Crippen molar-refractivity contribution in [1.82, 2.24) is 4.90 Å². The Morgan fingerprint density at radius 1 is 1.12 bits per heavy atom. The highest BCUT2D eigenvalue weighted by molar-refractivity contribution is 7.92. The first-order valence-corrected chi connectivity index (χ1v) is 10.5. The van der Waals surface area contributed by atoms with Crippen LogP contribution in [-0.2, 0) is 22.0 Å². The first-order valence-electron chi connectivity index (χ1n) is 8.89. The molecule has 2 aromatic rings. The lowest BCUT2D eigenvalue weighted by Gasteiger charge is -2.39. The van der Waals surface area contributed by atoms with Crippen molar-refractivity contribution < 1.29 is 12.8 Å². The van der Waals surface area contributed by atoms with Crippen LogP contribution in [0.1, 0.15) is 31.1 Å². The molecule has 1 aromatic heterocycles. The number of furan rings is 1. The number of anilines is 1. The summed E-state index contributed by atoms with van der Waals surface area (Å²) in [5, 5.41) is 0. The van der Waals surface area contributed by atoms with Crippen LogP contribution in [0.2, 0.25) is 0 Å². The quantitative estimate of drug-likeness (QED) is 0.841. The van der Waals surface area contributed by atoms with Crippen LogP contribution >= 0.6 is 0 Å². The Balaban J connectivity index is 1.57. The van der Waals surface area contributed by atoms with E-state index in [9.17, 15) is 8.42 Å². The third-order valence-corrected chi connectivity index (χ3v) is 7.39. The van der Waals surface area contributed by atoms with Gasteiger partial charge >= 0.3 is 0 Å². The molecule has 0 saturated carbocycles. The summed E-state index contributed by atoms with van der Waals surface area (Å²) in [6.07, 6.45) is 3.66. The Kier molecular flexibility index (Phi) is 4.12. The minimum absolute atomic E-state index is 0.0570. The van der Waals surface area contributed by atoms with Gasteiger partial charge < -0.3 is 4.42 Å². The minimum atomic E-state index is -3.24. The first-order chi connectivity index (χ1) is 12.0. The second-order valence-corrected chi connectivity index (χ2v) is 9.24. The van der Waals surface area contributed by atoms with Crippen molar-refractivity contribution in [2.45, 2.75) is 31.7 Å². The van der Waals surface area contributed by atoms with E-state index in [0.29, 0.717) is 6.54 Å². The van der Waals surface area contributed by atoms with E-state index in [1.807, 2.05) is 30.3 Å². The van der Waals surface area contributed by atoms with Crippen molar-refractivity contribution in [3.05, 3.63) is 54.0 Å². The number of hydrogen-bond donors (Lipinski definition) is 0. The fourth-order valence-electron chi connectivity index (χ4n) is 4.18. The average Bonchev–Trinajstić information content (AvgIpc) is 3.25. The molecule has 5 nitrogen and oxygen atoms in total. The molecule has 0 unspecified atom stereocenters. The maximum absolute atomic E-state index is 12.6. The lowest BCUT2D eigenvalue weighted by atomic mass is 9.74. The van der Waals surface area contributed by atoms with Crippen molar-refractivity contribution in [1.29, 1.82) is 0 Å². The molecule has 0 radical (unpaired) electrons. The Bertz CT molecular complexity index is 837. The maximum atomic E-state index is 12.6. The van der Waals surface area contributed by atoms with Gasteiger partial charge in [-0.25, -0.2) is 8.42 Å². The lowest BCUT2D eigenvalue weighted by Crippen LogP contribution is -2.45. The monoisotopic (exact) mass is 360 g/mol. The zero-order valence-electron chi connectivity index (χ0n) is 14.5. The van der Waals surface area contributed by atoms with Crippen molar-refractivity contribution in [3.63, 3.8) is 0 Å². The molecule has 2 aliphatic heterocycles. The molecule has 3 heterocycles. The van der Waals surface area contributed by atoms with E-state index in [0.717, 1.165) is 43.9 Å². The van der Waals surface area contributed by atoms with E-state index in [-0.39, 0.29) is 11.2 Å². The molecule has 134 valence electrons. The molecule has 1 aromatic carbocycles. The predicted molar refractivity (Wildman–Crippen MR) is 98.1 cm³/mol. The van der Waals surface area contributed by atoms with Crippen molar-refractivity contribution in [2.24, 2.45) is 0 Å². The lowest BCUT2D eigenvalue weighted by molar-refractivity contribution is 0.152. The number of likely N-dealkylation sites (tertiary alicyclic amines) is 1. The molecular formula is C19H24N2O3S. The number of rotatable bonds is 4. The number of nitrogens with zero attached hydrogens (tertiary/aromatic N) is 2. The molecule has 6 heteroatoms. The molecular weight excluding hydrogens is 336 g/mol. The number of sulfonamides is 1. The average molecular weight is 360 g/mol. The van der Waals surface area contributed by atoms with Crippen LogP contribution < -0.4 is 4.31 Å². The molecule has 4 rings (SSSR count). The van der Waals surface area contributed by atoms with E-state index in [1.54, 1.807) is 17.5 Å². The smallest absolute Gasteiger partial charge is 0.234 e. The predicted octanol–water partition coefficient (Wildman–Crippen LogP) is 2.98. The summed E-state index contributed by atoms with van der Waals surface area (Å²) >= 11 is 0. The molecule has 0 aliphatic carbocycles. The highest BCUT2D eigenvalue weighted by Gasteiger charge is 2.47. The van der Waals surface area contributed by atoms with E-state index in [4.69, 9.17) is 4.42 Å². The number of fused-ring (bicyclic) bond motifs is 2. The fourth-order valence-corrected chi connectivity index (χ4v) is 5.39. The molecule has 25 heavy (non-hydrogen) atoms. The van der Waals surface area contributed by atoms with Gasteiger partial charge in [0.2, 0.25) is 10.0 Å². The van der Waals surface area contributed by atoms with Crippen molar-refractivity contribution in [3.8, 4) is 0 Å². The zero-order chi connectivity index (χ0) is 17.5.